The summed E-state index contributed by atoms with van der Waals surface area (Å²) >= 11 is 12.0. The standard InChI is InChI=1S/C14H18Cl2O2/c1-3-4-5-6-7-13(17)10-8-12(16)14(18-2)9-11(10)15/h8-9H,3-7H2,1-2H3. The topological polar surface area (TPSA) is 26.3 Å². The number of carbonyl (C=O) groups is 1. The average Bonchev–Trinajstić information content (AvgIpc) is 2.36. The van der Waals surface area contributed by atoms with E-state index in [-0.39, 0.29) is 5.78 Å². The number of carbonyl (C=O) groups excluding carboxylic acids is 1. The van der Waals surface area contributed by atoms with Crippen LogP contribution in [-0.4, -0.2) is 12.9 Å². The lowest BCUT2D eigenvalue weighted by Crippen LogP contribution is -2.01. The maximum Gasteiger partial charge on any atom is 0.164 e. The number of halogens is 2. The maximum atomic E-state index is 12.0. The lowest BCUT2D eigenvalue weighted by atomic mass is 10.0. The number of rotatable bonds is 7. The number of hydrogen-bond acceptors (Lipinski definition) is 2. The molecule has 0 aliphatic heterocycles. The number of ketones is 1. The van der Waals surface area contributed by atoms with E-state index in [1.54, 1.807) is 12.1 Å². The zero-order valence-corrected chi connectivity index (χ0v) is 12.3. The molecule has 2 nitrogen and oxygen atoms in total. The molecule has 0 atom stereocenters. The first-order chi connectivity index (χ1) is 8.60. The van der Waals surface area contributed by atoms with E-state index in [1.807, 2.05) is 0 Å². The number of Topliss-reactive ketones (excluding diaryl/α,β-unsaturated/α-hetero) is 1. The minimum absolute atomic E-state index is 0.0423. The molecule has 0 spiro atoms. The zero-order valence-electron chi connectivity index (χ0n) is 10.8. The first kappa shape index (κ1) is 15.3. The van der Waals surface area contributed by atoms with Gasteiger partial charge in [0.1, 0.15) is 5.75 Å². The fourth-order valence-electron chi connectivity index (χ4n) is 1.75. The molecule has 0 heterocycles. The molecule has 0 saturated heterocycles. The third kappa shape index (κ3) is 4.18. The molecule has 0 aliphatic rings. The predicted octanol–water partition coefficient (Wildman–Crippen LogP) is 5.16. The fourth-order valence-corrected chi connectivity index (χ4v) is 2.25. The van der Waals surface area contributed by atoms with Gasteiger partial charge >= 0.3 is 0 Å². The number of unbranched alkanes of at least 4 members (excludes halogenated alkanes) is 3. The van der Waals surface area contributed by atoms with Crippen LogP contribution in [0.1, 0.15) is 49.4 Å². The second-order valence-electron chi connectivity index (χ2n) is 4.20. The van der Waals surface area contributed by atoms with Crippen LogP contribution in [0.2, 0.25) is 10.0 Å². The van der Waals surface area contributed by atoms with E-state index in [9.17, 15) is 4.79 Å². The highest BCUT2D eigenvalue weighted by atomic mass is 35.5. The third-order valence-corrected chi connectivity index (χ3v) is 3.41. The molecule has 0 radical (unpaired) electrons. The molecule has 0 N–H and O–H groups in total. The summed E-state index contributed by atoms with van der Waals surface area (Å²) in [6.07, 6.45) is 4.80. The summed E-state index contributed by atoms with van der Waals surface area (Å²) in [7, 11) is 1.52. The van der Waals surface area contributed by atoms with Gasteiger partial charge in [0.2, 0.25) is 0 Å². The predicted molar refractivity (Wildman–Crippen MR) is 76.1 cm³/mol. The van der Waals surface area contributed by atoms with Gasteiger partial charge in [-0.3, -0.25) is 4.79 Å². The second-order valence-corrected chi connectivity index (χ2v) is 5.01. The Hall–Kier alpha value is -0.730. The Bertz CT molecular complexity index is 417. The van der Waals surface area contributed by atoms with Gasteiger partial charge in [-0.2, -0.15) is 0 Å². The quantitative estimate of drug-likeness (QED) is 0.512. The lowest BCUT2D eigenvalue weighted by Gasteiger charge is -2.08. The molecule has 0 fully saturated rings. The number of hydrogen-bond donors (Lipinski definition) is 0. The molecular weight excluding hydrogens is 271 g/mol. The van der Waals surface area contributed by atoms with Crippen molar-refractivity contribution in [2.24, 2.45) is 0 Å². The van der Waals surface area contributed by atoms with Crippen LogP contribution in [0.25, 0.3) is 0 Å². The third-order valence-electron chi connectivity index (χ3n) is 2.80. The van der Waals surface area contributed by atoms with Gasteiger partial charge < -0.3 is 4.74 Å². The van der Waals surface area contributed by atoms with Crippen molar-refractivity contribution in [2.45, 2.75) is 39.0 Å². The van der Waals surface area contributed by atoms with Gasteiger partial charge in [0.25, 0.3) is 0 Å². The Morgan fingerprint density at radius 3 is 2.50 bits per heavy atom. The first-order valence-corrected chi connectivity index (χ1v) is 6.92. The minimum atomic E-state index is 0.0423. The van der Waals surface area contributed by atoms with E-state index >= 15 is 0 Å². The van der Waals surface area contributed by atoms with E-state index in [0.717, 1.165) is 25.7 Å². The number of methoxy groups -OCH3 is 1. The van der Waals surface area contributed by atoms with Crippen molar-refractivity contribution in [3.05, 3.63) is 27.7 Å². The summed E-state index contributed by atoms with van der Waals surface area (Å²) in [6, 6.07) is 3.17. The van der Waals surface area contributed by atoms with Crippen LogP contribution in [0.15, 0.2) is 12.1 Å². The van der Waals surface area contributed by atoms with E-state index in [0.29, 0.717) is 27.8 Å². The number of benzene rings is 1. The first-order valence-electron chi connectivity index (χ1n) is 6.16. The van der Waals surface area contributed by atoms with E-state index < -0.39 is 0 Å². The summed E-state index contributed by atoms with van der Waals surface area (Å²) in [6.45, 7) is 2.14. The highest BCUT2D eigenvalue weighted by molar-refractivity contribution is 6.36. The van der Waals surface area contributed by atoms with Crippen molar-refractivity contribution in [3.63, 3.8) is 0 Å². The zero-order chi connectivity index (χ0) is 13.5. The Labute approximate surface area is 118 Å². The molecule has 0 bridgehead atoms. The van der Waals surface area contributed by atoms with Crippen LogP contribution in [-0.2, 0) is 0 Å². The van der Waals surface area contributed by atoms with Gasteiger partial charge in [-0.25, -0.2) is 0 Å². The summed E-state index contributed by atoms with van der Waals surface area (Å²) in [5.74, 6) is 0.532. The normalized spacial score (nSPS) is 10.4. The average molecular weight is 289 g/mol. The largest absolute Gasteiger partial charge is 0.495 e. The summed E-state index contributed by atoms with van der Waals surface area (Å²) in [4.78, 5) is 12.0. The minimum Gasteiger partial charge on any atom is -0.495 e. The summed E-state index contributed by atoms with van der Waals surface area (Å²) < 4.78 is 5.05. The highest BCUT2D eigenvalue weighted by Crippen LogP contribution is 2.31. The molecule has 4 heteroatoms. The Kier molecular flexibility index (Phi) is 6.51. The Morgan fingerprint density at radius 2 is 1.89 bits per heavy atom. The molecule has 18 heavy (non-hydrogen) atoms. The van der Waals surface area contributed by atoms with Crippen molar-refractivity contribution < 1.29 is 9.53 Å². The van der Waals surface area contributed by atoms with Gasteiger partial charge in [-0.1, -0.05) is 49.4 Å². The van der Waals surface area contributed by atoms with E-state index in [4.69, 9.17) is 27.9 Å². The highest BCUT2D eigenvalue weighted by Gasteiger charge is 2.14. The summed E-state index contributed by atoms with van der Waals surface area (Å²) in [5.41, 5.74) is 0.485. The molecule has 0 aromatic heterocycles. The Balaban J connectivity index is 2.71. The summed E-state index contributed by atoms with van der Waals surface area (Å²) in [5, 5.41) is 0.815. The van der Waals surface area contributed by atoms with Gasteiger partial charge in [0.15, 0.2) is 5.78 Å². The second kappa shape index (κ2) is 7.65. The van der Waals surface area contributed by atoms with Crippen LogP contribution >= 0.6 is 23.2 Å². The van der Waals surface area contributed by atoms with Gasteiger partial charge in [0.05, 0.1) is 17.2 Å². The Morgan fingerprint density at radius 1 is 1.17 bits per heavy atom. The molecule has 0 unspecified atom stereocenters. The van der Waals surface area contributed by atoms with E-state index in [1.165, 1.54) is 7.11 Å². The molecule has 0 saturated carbocycles. The molecule has 1 aromatic rings. The van der Waals surface area contributed by atoms with Crippen molar-refractivity contribution >= 4 is 29.0 Å². The van der Waals surface area contributed by atoms with Gasteiger partial charge in [-0.15, -0.1) is 0 Å². The van der Waals surface area contributed by atoms with Crippen molar-refractivity contribution in [1.82, 2.24) is 0 Å². The fraction of sp³-hybridized carbons (Fsp3) is 0.500. The molecule has 0 amide bonds. The molecule has 100 valence electrons. The van der Waals surface area contributed by atoms with Crippen LogP contribution < -0.4 is 4.74 Å². The van der Waals surface area contributed by atoms with Gasteiger partial charge in [0, 0.05) is 18.1 Å². The van der Waals surface area contributed by atoms with Crippen molar-refractivity contribution in [3.8, 4) is 5.75 Å². The monoisotopic (exact) mass is 288 g/mol. The van der Waals surface area contributed by atoms with Crippen LogP contribution in [0.3, 0.4) is 0 Å². The molecule has 1 rings (SSSR count). The van der Waals surface area contributed by atoms with E-state index in [2.05, 4.69) is 6.92 Å². The smallest absolute Gasteiger partial charge is 0.164 e. The van der Waals surface area contributed by atoms with Gasteiger partial charge in [-0.05, 0) is 12.5 Å². The SMILES string of the molecule is CCCCCCC(=O)c1cc(Cl)c(OC)cc1Cl. The lowest BCUT2D eigenvalue weighted by molar-refractivity contribution is 0.0979. The van der Waals surface area contributed by atoms with Crippen LogP contribution in [0, 0.1) is 0 Å². The molecule has 1 aromatic carbocycles. The molecule has 0 aliphatic carbocycles. The maximum absolute atomic E-state index is 12.0. The molecular formula is C14H18Cl2O2. The van der Waals surface area contributed by atoms with Crippen LogP contribution in [0.5, 0.6) is 5.75 Å². The van der Waals surface area contributed by atoms with Crippen molar-refractivity contribution in [2.75, 3.05) is 7.11 Å². The number of ether oxygens (including phenoxy) is 1. The van der Waals surface area contributed by atoms with Crippen molar-refractivity contribution in [1.29, 1.82) is 0 Å². The van der Waals surface area contributed by atoms with Crippen LogP contribution in [0.4, 0.5) is 0 Å².